The molecule has 0 N–H and O–H groups in total. The van der Waals surface area contributed by atoms with E-state index in [2.05, 4.69) is 64.1 Å². The maximum atomic E-state index is 4.91. The number of nitrogens with zero attached hydrogens (tertiary/aromatic N) is 2. The molecule has 0 spiro atoms. The number of hydrogen-bond acceptors (Lipinski definition) is 1. The summed E-state index contributed by atoms with van der Waals surface area (Å²) >= 11 is 0. The molecular weight excluding hydrogens is 268 g/mol. The maximum Gasteiger partial charge on any atom is 0.154 e. The Morgan fingerprint density at radius 3 is 2.55 bits per heavy atom. The second-order valence-corrected chi connectivity index (χ2v) is 6.35. The van der Waals surface area contributed by atoms with Crippen LogP contribution in [0.2, 0.25) is 0 Å². The summed E-state index contributed by atoms with van der Waals surface area (Å²) in [7, 11) is 0. The number of benzene rings is 1. The monoisotopic (exact) mass is 294 g/mol. The van der Waals surface area contributed by atoms with Crippen molar-refractivity contribution < 1.29 is 0 Å². The van der Waals surface area contributed by atoms with E-state index in [-0.39, 0.29) is 11.5 Å². The van der Waals surface area contributed by atoms with Crippen molar-refractivity contribution in [3.05, 3.63) is 60.2 Å². The molecule has 0 bridgehead atoms. The minimum absolute atomic E-state index is 0.00394. The zero-order chi connectivity index (χ0) is 16.0. The van der Waals surface area contributed by atoms with Gasteiger partial charge in [-0.3, -0.25) is 4.99 Å². The molecule has 0 aliphatic heterocycles. The van der Waals surface area contributed by atoms with E-state index in [1.54, 1.807) is 0 Å². The van der Waals surface area contributed by atoms with Crippen LogP contribution in [0.3, 0.4) is 0 Å². The van der Waals surface area contributed by atoms with E-state index in [1.807, 2.05) is 18.2 Å². The minimum atomic E-state index is -0.00394. The van der Waals surface area contributed by atoms with Gasteiger partial charge in [-0.1, -0.05) is 61.6 Å². The summed E-state index contributed by atoms with van der Waals surface area (Å²) in [4.78, 5) is 9.64. The summed E-state index contributed by atoms with van der Waals surface area (Å²) in [6.45, 7) is 8.55. The van der Waals surface area contributed by atoms with E-state index in [9.17, 15) is 0 Å². The highest BCUT2D eigenvalue weighted by molar-refractivity contribution is 6.08. The number of allylic oxidation sites excluding steroid dienone is 4. The van der Waals surface area contributed by atoms with Gasteiger partial charge in [-0.25, -0.2) is 4.99 Å². The lowest BCUT2D eigenvalue weighted by Gasteiger charge is -2.25. The highest BCUT2D eigenvalue weighted by atomic mass is 14.9. The molecule has 0 heterocycles. The van der Waals surface area contributed by atoms with Crippen LogP contribution in [0.25, 0.3) is 0 Å². The largest absolute Gasteiger partial charge is 0.263 e. The Kier molecular flexibility index (Phi) is 5.48. The van der Waals surface area contributed by atoms with E-state index in [0.717, 1.165) is 30.0 Å². The molecule has 2 rings (SSSR count). The summed E-state index contributed by atoms with van der Waals surface area (Å²) in [6, 6.07) is 10.5. The van der Waals surface area contributed by atoms with Crippen molar-refractivity contribution in [2.45, 2.75) is 46.6 Å². The van der Waals surface area contributed by atoms with Gasteiger partial charge < -0.3 is 0 Å². The lowest BCUT2D eigenvalue weighted by atomic mass is 9.81. The molecule has 0 radical (unpaired) electrons. The molecule has 0 saturated carbocycles. The van der Waals surface area contributed by atoms with Crippen molar-refractivity contribution in [3.63, 3.8) is 0 Å². The van der Waals surface area contributed by atoms with Crippen LogP contribution in [-0.2, 0) is 0 Å². The molecule has 22 heavy (non-hydrogen) atoms. The fourth-order valence-corrected chi connectivity index (χ4v) is 2.50. The van der Waals surface area contributed by atoms with Crippen molar-refractivity contribution in [1.82, 2.24) is 0 Å². The fraction of sp³-hybridized carbons (Fsp3) is 0.400. The second kappa shape index (κ2) is 7.35. The topological polar surface area (TPSA) is 24.7 Å². The molecule has 0 saturated heterocycles. The van der Waals surface area contributed by atoms with Gasteiger partial charge in [0.15, 0.2) is 5.84 Å². The first-order chi connectivity index (χ1) is 10.5. The molecule has 1 unspecified atom stereocenters. The summed E-state index contributed by atoms with van der Waals surface area (Å²) in [5.41, 5.74) is 2.20. The first-order valence-electron chi connectivity index (χ1n) is 8.04. The molecule has 1 atom stereocenters. The molecular formula is C20H26N2. The van der Waals surface area contributed by atoms with E-state index in [0.29, 0.717) is 0 Å². The van der Waals surface area contributed by atoms with Crippen LogP contribution < -0.4 is 0 Å². The first kappa shape index (κ1) is 16.4. The van der Waals surface area contributed by atoms with Gasteiger partial charge in [-0.2, -0.15) is 0 Å². The van der Waals surface area contributed by atoms with Gasteiger partial charge in [0, 0.05) is 22.7 Å². The number of aliphatic imine (C=N–C) groups is 2. The molecule has 116 valence electrons. The Labute approximate surface area is 134 Å². The molecule has 1 aromatic rings. The molecule has 1 aliphatic rings. The van der Waals surface area contributed by atoms with E-state index >= 15 is 0 Å². The lowest BCUT2D eigenvalue weighted by molar-refractivity contribution is 0.546. The van der Waals surface area contributed by atoms with Gasteiger partial charge in [0.25, 0.3) is 0 Å². The van der Waals surface area contributed by atoms with Crippen LogP contribution in [-0.4, -0.2) is 17.6 Å². The number of amidine groups is 1. The second-order valence-electron chi connectivity index (χ2n) is 6.35. The predicted molar refractivity (Wildman–Crippen MR) is 96.8 cm³/mol. The SMILES string of the molecule is CC(=NC(=NC(C)C)c1ccccc1)C1(C)C=CC=CCC1. The molecule has 2 nitrogen and oxygen atoms in total. The van der Waals surface area contributed by atoms with Gasteiger partial charge in [0.05, 0.1) is 0 Å². The summed E-state index contributed by atoms with van der Waals surface area (Å²) in [6.07, 6.45) is 10.9. The van der Waals surface area contributed by atoms with Gasteiger partial charge in [-0.15, -0.1) is 0 Å². The minimum Gasteiger partial charge on any atom is -0.263 e. The van der Waals surface area contributed by atoms with Crippen molar-refractivity contribution in [2.24, 2.45) is 15.4 Å². The molecule has 2 heteroatoms. The van der Waals surface area contributed by atoms with Crippen LogP contribution in [0.15, 0.2) is 64.6 Å². The molecule has 0 fully saturated rings. The standard InChI is InChI=1S/C20H26N2/c1-16(2)21-19(18-12-8-7-9-13-18)22-17(3)20(4)14-10-5-6-11-15-20/h5-10,12-14,16H,11,15H2,1-4H3. The number of hydrogen-bond donors (Lipinski definition) is 0. The Bertz CT molecular complexity index is 606. The molecule has 1 aromatic carbocycles. The Hall–Kier alpha value is -1.96. The predicted octanol–water partition coefficient (Wildman–Crippen LogP) is 5.22. The Balaban J connectivity index is 2.37. The summed E-state index contributed by atoms with van der Waals surface area (Å²) < 4.78 is 0. The zero-order valence-corrected chi connectivity index (χ0v) is 14.1. The zero-order valence-electron chi connectivity index (χ0n) is 14.1. The van der Waals surface area contributed by atoms with Crippen molar-refractivity contribution in [3.8, 4) is 0 Å². The summed E-state index contributed by atoms with van der Waals surface area (Å²) in [5, 5.41) is 0. The Morgan fingerprint density at radius 1 is 1.14 bits per heavy atom. The maximum absolute atomic E-state index is 4.91. The van der Waals surface area contributed by atoms with Gasteiger partial charge >= 0.3 is 0 Å². The smallest absolute Gasteiger partial charge is 0.154 e. The fourth-order valence-electron chi connectivity index (χ4n) is 2.50. The van der Waals surface area contributed by atoms with E-state index in [4.69, 9.17) is 9.98 Å². The lowest BCUT2D eigenvalue weighted by Crippen LogP contribution is -2.24. The van der Waals surface area contributed by atoms with Crippen LogP contribution in [0.5, 0.6) is 0 Å². The average molecular weight is 294 g/mol. The normalized spacial score (nSPS) is 23.0. The first-order valence-corrected chi connectivity index (χ1v) is 8.04. The van der Waals surface area contributed by atoms with Crippen molar-refractivity contribution in [1.29, 1.82) is 0 Å². The summed E-state index contributed by atoms with van der Waals surface area (Å²) in [5.74, 6) is 0.833. The molecule has 0 aromatic heterocycles. The highest BCUT2D eigenvalue weighted by Crippen LogP contribution is 2.29. The van der Waals surface area contributed by atoms with Crippen molar-refractivity contribution >= 4 is 11.5 Å². The highest BCUT2D eigenvalue weighted by Gasteiger charge is 2.25. The van der Waals surface area contributed by atoms with E-state index in [1.165, 1.54) is 0 Å². The average Bonchev–Trinajstić information content (AvgIpc) is 2.73. The third-order valence-corrected chi connectivity index (χ3v) is 4.05. The third-order valence-electron chi connectivity index (χ3n) is 4.05. The quantitative estimate of drug-likeness (QED) is 0.539. The van der Waals surface area contributed by atoms with Crippen molar-refractivity contribution in [2.75, 3.05) is 0 Å². The molecule has 1 aliphatic carbocycles. The van der Waals surface area contributed by atoms with Crippen LogP contribution in [0.1, 0.15) is 46.1 Å². The van der Waals surface area contributed by atoms with Gasteiger partial charge in [0.1, 0.15) is 0 Å². The van der Waals surface area contributed by atoms with Crippen LogP contribution in [0.4, 0.5) is 0 Å². The van der Waals surface area contributed by atoms with E-state index < -0.39 is 0 Å². The van der Waals surface area contributed by atoms with Crippen LogP contribution >= 0.6 is 0 Å². The van der Waals surface area contributed by atoms with Gasteiger partial charge in [-0.05, 0) is 33.6 Å². The molecule has 0 amide bonds. The number of rotatable bonds is 3. The Morgan fingerprint density at radius 2 is 1.86 bits per heavy atom. The third kappa shape index (κ3) is 4.27. The van der Waals surface area contributed by atoms with Gasteiger partial charge in [0.2, 0.25) is 0 Å². The van der Waals surface area contributed by atoms with Crippen LogP contribution in [0, 0.1) is 5.41 Å².